The van der Waals surface area contributed by atoms with Crippen LogP contribution in [0.4, 0.5) is 16.0 Å². The molecule has 4 rings (SSSR count). The van der Waals surface area contributed by atoms with Crippen molar-refractivity contribution in [2.75, 3.05) is 51.8 Å². The third-order valence-corrected chi connectivity index (χ3v) is 5.61. The predicted molar refractivity (Wildman–Crippen MR) is 128 cm³/mol. The van der Waals surface area contributed by atoms with Gasteiger partial charge in [-0.05, 0) is 55.0 Å². The van der Waals surface area contributed by atoms with Crippen molar-refractivity contribution in [1.29, 1.82) is 0 Å². The number of rotatable bonds is 8. The lowest BCUT2D eigenvalue weighted by atomic mass is 10.1. The molecule has 2 aromatic carbocycles. The average Bonchev–Trinajstić information content (AvgIpc) is 2.86. The minimum Gasteiger partial charge on any atom is -0.496 e. The first-order chi connectivity index (χ1) is 16.5. The van der Waals surface area contributed by atoms with E-state index in [1.165, 1.54) is 19.2 Å². The maximum atomic E-state index is 13.9. The van der Waals surface area contributed by atoms with Crippen LogP contribution in [0.3, 0.4) is 0 Å². The van der Waals surface area contributed by atoms with Gasteiger partial charge in [-0.1, -0.05) is 0 Å². The number of methoxy groups -OCH3 is 1. The summed E-state index contributed by atoms with van der Waals surface area (Å²) < 4.78 is 24.6. The normalized spacial score (nSPS) is 14.0. The molecule has 1 fully saturated rings. The Morgan fingerprint density at radius 3 is 2.68 bits per heavy atom. The maximum Gasteiger partial charge on any atom is 0.251 e. The Kier molecular flexibility index (Phi) is 7.66. The van der Waals surface area contributed by atoms with Crippen LogP contribution in [-0.2, 0) is 4.74 Å². The van der Waals surface area contributed by atoms with Gasteiger partial charge in [0.05, 0.1) is 26.0 Å². The molecular weight excluding hydrogens is 437 g/mol. The SMILES string of the molecule is COc1ccc(F)cc1-c1nc(Nc2ccc(C(=O)NCCN3CCOCC3)cc2)ncc1C. The number of morpholine rings is 1. The molecule has 2 heterocycles. The third kappa shape index (κ3) is 5.86. The number of amides is 1. The van der Waals surface area contributed by atoms with Crippen LogP contribution in [-0.4, -0.2) is 67.3 Å². The number of aromatic nitrogens is 2. The summed E-state index contributed by atoms with van der Waals surface area (Å²) in [5, 5.41) is 6.09. The second-order valence-corrected chi connectivity index (χ2v) is 7.98. The molecule has 34 heavy (non-hydrogen) atoms. The molecule has 8 nitrogen and oxygen atoms in total. The molecule has 9 heteroatoms. The van der Waals surface area contributed by atoms with Crippen LogP contribution in [0.15, 0.2) is 48.7 Å². The van der Waals surface area contributed by atoms with Crippen molar-refractivity contribution in [2.24, 2.45) is 0 Å². The zero-order valence-corrected chi connectivity index (χ0v) is 19.3. The van der Waals surface area contributed by atoms with E-state index >= 15 is 0 Å². The summed E-state index contributed by atoms with van der Waals surface area (Å²) in [4.78, 5) is 23.6. The number of carbonyl (C=O) groups excluding carboxylic acids is 1. The molecule has 1 saturated heterocycles. The lowest BCUT2D eigenvalue weighted by molar-refractivity contribution is 0.0383. The Morgan fingerprint density at radius 2 is 1.94 bits per heavy atom. The Balaban J connectivity index is 1.40. The summed E-state index contributed by atoms with van der Waals surface area (Å²) in [7, 11) is 1.53. The number of halogens is 1. The molecule has 0 radical (unpaired) electrons. The molecule has 1 aliphatic rings. The Bertz CT molecular complexity index is 1130. The summed E-state index contributed by atoms with van der Waals surface area (Å²) in [6.45, 7) is 6.51. The largest absolute Gasteiger partial charge is 0.496 e. The molecule has 0 bridgehead atoms. The highest BCUT2D eigenvalue weighted by Crippen LogP contribution is 2.32. The molecule has 0 unspecified atom stereocenters. The van der Waals surface area contributed by atoms with E-state index in [9.17, 15) is 9.18 Å². The summed E-state index contributed by atoms with van der Waals surface area (Å²) >= 11 is 0. The number of hydrogen-bond acceptors (Lipinski definition) is 7. The van der Waals surface area contributed by atoms with Crippen LogP contribution in [0.5, 0.6) is 5.75 Å². The van der Waals surface area contributed by atoms with Crippen molar-refractivity contribution < 1.29 is 18.7 Å². The van der Waals surface area contributed by atoms with E-state index in [-0.39, 0.29) is 11.7 Å². The van der Waals surface area contributed by atoms with Gasteiger partial charge >= 0.3 is 0 Å². The van der Waals surface area contributed by atoms with Gasteiger partial charge in [0, 0.05) is 49.2 Å². The van der Waals surface area contributed by atoms with Gasteiger partial charge in [-0.3, -0.25) is 9.69 Å². The van der Waals surface area contributed by atoms with E-state index in [0.29, 0.717) is 35.1 Å². The van der Waals surface area contributed by atoms with Gasteiger partial charge in [0.2, 0.25) is 5.95 Å². The van der Waals surface area contributed by atoms with Gasteiger partial charge in [0.1, 0.15) is 11.6 Å². The number of anilines is 2. The van der Waals surface area contributed by atoms with E-state index in [1.54, 1.807) is 36.5 Å². The average molecular weight is 466 g/mol. The molecule has 1 aliphatic heterocycles. The Morgan fingerprint density at radius 1 is 1.18 bits per heavy atom. The topological polar surface area (TPSA) is 88.6 Å². The van der Waals surface area contributed by atoms with Gasteiger partial charge < -0.3 is 20.1 Å². The fourth-order valence-electron chi connectivity index (χ4n) is 3.73. The molecule has 1 amide bonds. The summed E-state index contributed by atoms with van der Waals surface area (Å²) in [5.41, 5.74) is 3.21. The van der Waals surface area contributed by atoms with Crippen molar-refractivity contribution in [3.8, 4) is 17.0 Å². The quantitative estimate of drug-likeness (QED) is 0.527. The summed E-state index contributed by atoms with van der Waals surface area (Å²) in [6.07, 6.45) is 1.67. The van der Waals surface area contributed by atoms with E-state index in [0.717, 1.165) is 44.1 Å². The Labute approximate surface area is 198 Å². The smallest absolute Gasteiger partial charge is 0.251 e. The number of carbonyl (C=O) groups is 1. The number of hydrogen-bond donors (Lipinski definition) is 2. The molecule has 3 aromatic rings. The van der Waals surface area contributed by atoms with Crippen LogP contribution < -0.4 is 15.4 Å². The van der Waals surface area contributed by atoms with Gasteiger partial charge in [0.15, 0.2) is 0 Å². The second kappa shape index (κ2) is 11.0. The molecule has 178 valence electrons. The van der Waals surface area contributed by atoms with E-state index in [2.05, 4.69) is 25.5 Å². The van der Waals surface area contributed by atoms with Crippen molar-refractivity contribution in [3.05, 3.63) is 65.6 Å². The first kappa shape index (κ1) is 23.6. The first-order valence-electron chi connectivity index (χ1n) is 11.2. The maximum absolute atomic E-state index is 13.9. The lowest BCUT2D eigenvalue weighted by Gasteiger charge is -2.26. The summed E-state index contributed by atoms with van der Waals surface area (Å²) in [5.74, 6) is 0.391. The van der Waals surface area contributed by atoms with Gasteiger partial charge in [-0.25, -0.2) is 14.4 Å². The predicted octanol–water partition coefficient (Wildman–Crippen LogP) is 3.41. The van der Waals surface area contributed by atoms with Gasteiger partial charge in [0.25, 0.3) is 5.91 Å². The molecule has 0 aliphatic carbocycles. The van der Waals surface area contributed by atoms with Crippen molar-refractivity contribution >= 4 is 17.5 Å². The molecule has 0 saturated carbocycles. The van der Waals surface area contributed by atoms with Crippen molar-refractivity contribution in [2.45, 2.75) is 6.92 Å². The van der Waals surface area contributed by atoms with Crippen LogP contribution in [0.2, 0.25) is 0 Å². The second-order valence-electron chi connectivity index (χ2n) is 7.98. The van der Waals surface area contributed by atoms with Crippen molar-refractivity contribution in [1.82, 2.24) is 20.2 Å². The van der Waals surface area contributed by atoms with Crippen LogP contribution >= 0.6 is 0 Å². The zero-order chi connectivity index (χ0) is 23.9. The van der Waals surface area contributed by atoms with Crippen LogP contribution in [0, 0.1) is 12.7 Å². The molecule has 0 atom stereocenters. The van der Waals surface area contributed by atoms with Gasteiger partial charge in [-0.2, -0.15) is 0 Å². The number of nitrogens with one attached hydrogen (secondary N) is 2. The number of aryl methyl sites for hydroxylation is 1. The molecule has 2 N–H and O–H groups in total. The lowest BCUT2D eigenvalue weighted by Crippen LogP contribution is -2.41. The number of nitrogens with zero attached hydrogens (tertiary/aromatic N) is 3. The number of benzene rings is 2. The first-order valence-corrected chi connectivity index (χ1v) is 11.2. The van der Waals surface area contributed by atoms with Crippen LogP contribution in [0.25, 0.3) is 11.3 Å². The van der Waals surface area contributed by atoms with Gasteiger partial charge in [-0.15, -0.1) is 0 Å². The Hall–Kier alpha value is -3.56. The fourth-order valence-corrected chi connectivity index (χ4v) is 3.73. The van der Waals surface area contributed by atoms with E-state index < -0.39 is 0 Å². The number of ether oxygens (including phenoxy) is 2. The monoisotopic (exact) mass is 465 g/mol. The molecule has 0 spiro atoms. The minimum atomic E-state index is -0.373. The minimum absolute atomic E-state index is 0.119. The molecular formula is C25H28FN5O3. The van der Waals surface area contributed by atoms with E-state index in [1.807, 2.05) is 6.92 Å². The zero-order valence-electron chi connectivity index (χ0n) is 19.3. The van der Waals surface area contributed by atoms with Crippen LogP contribution in [0.1, 0.15) is 15.9 Å². The highest BCUT2D eigenvalue weighted by atomic mass is 19.1. The van der Waals surface area contributed by atoms with Crippen molar-refractivity contribution in [3.63, 3.8) is 0 Å². The highest BCUT2D eigenvalue weighted by Gasteiger charge is 2.14. The molecule has 1 aromatic heterocycles. The third-order valence-electron chi connectivity index (χ3n) is 5.61. The standard InChI is InChI=1S/C25H28FN5O3/c1-17-16-28-25(30-23(17)21-15-19(26)5-8-22(21)33-2)29-20-6-3-18(4-7-20)24(32)27-9-10-31-11-13-34-14-12-31/h3-8,15-16H,9-14H2,1-2H3,(H,27,32)(H,28,29,30). The van der Waals surface area contributed by atoms with E-state index in [4.69, 9.17) is 9.47 Å². The summed E-state index contributed by atoms with van der Waals surface area (Å²) in [6, 6.07) is 11.4. The highest BCUT2D eigenvalue weighted by molar-refractivity contribution is 5.94. The fraction of sp³-hybridized carbons (Fsp3) is 0.320.